The summed E-state index contributed by atoms with van der Waals surface area (Å²) in [5.74, 6) is 0.277. The predicted molar refractivity (Wildman–Crippen MR) is 103 cm³/mol. The summed E-state index contributed by atoms with van der Waals surface area (Å²) < 4.78 is 5.46. The van der Waals surface area contributed by atoms with Gasteiger partial charge in [-0.3, -0.25) is 9.59 Å². The Balaban J connectivity index is 1.40. The fraction of sp³-hybridized carbons (Fsp3) is 0.316. The van der Waals surface area contributed by atoms with Crippen LogP contribution in [0.1, 0.15) is 28.8 Å². The van der Waals surface area contributed by atoms with E-state index in [-0.39, 0.29) is 28.6 Å². The minimum atomic E-state index is -0.261. The molecular formula is C19H19Cl2N3O3. The summed E-state index contributed by atoms with van der Waals surface area (Å²) in [5.41, 5.74) is 1.40. The second-order valence-electron chi connectivity index (χ2n) is 6.28. The fourth-order valence-electron chi connectivity index (χ4n) is 2.37. The molecule has 0 radical (unpaired) electrons. The molecule has 1 saturated carbocycles. The third-order valence-corrected chi connectivity index (χ3v) is 4.68. The van der Waals surface area contributed by atoms with Crippen molar-refractivity contribution in [1.29, 1.82) is 0 Å². The molecule has 2 amide bonds. The highest BCUT2D eigenvalue weighted by molar-refractivity contribution is 6.41. The van der Waals surface area contributed by atoms with Gasteiger partial charge in [0.1, 0.15) is 10.9 Å². The smallest absolute Gasteiger partial charge is 0.258 e. The zero-order chi connectivity index (χ0) is 19.2. The summed E-state index contributed by atoms with van der Waals surface area (Å²) in [6.07, 6.45) is 4.15. The van der Waals surface area contributed by atoms with Gasteiger partial charge in [-0.05, 0) is 43.0 Å². The summed E-state index contributed by atoms with van der Waals surface area (Å²) >= 11 is 11.6. The quantitative estimate of drug-likeness (QED) is 0.659. The fourth-order valence-corrected chi connectivity index (χ4v) is 2.64. The number of nitrogens with zero attached hydrogens (tertiary/aromatic N) is 1. The Labute approximate surface area is 167 Å². The summed E-state index contributed by atoms with van der Waals surface area (Å²) in [5, 5.41) is 6.09. The number of aromatic nitrogens is 1. The van der Waals surface area contributed by atoms with Crippen LogP contribution in [-0.4, -0.2) is 36.0 Å². The Kier molecular flexibility index (Phi) is 6.53. The van der Waals surface area contributed by atoms with Gasteiger partial charge in [0.25, 0.3) is 11.8 Å². The van der Waals surface area contributed by atoms with Crippen molar-refractivity contribution in [2.45, 2.75) is 25.3 Å². The lowest BCUT2D eigenvalue weighted by molar-refractivity contribution is -0.123. The number of hydrogen-bond acceptors (Lipinski definition) is 4. The first kappa shape index (κ1) is 19.5. The lowest BCUT2D eigenvalue weighted by Crippen LogP contribution is -2.30. The molecule has 27 heavy (non-hydrogen) atoms. The van der Waals surface area contributed by atoms with Crippen molar-refractivity contribution in [2.75, 3.05) is 13.2 Å². The first-order chi connectivity index (χ1) is 13.0. The maximum Gasteiger partial charge on any atom is 0.258 e. The summed E-state index contributed by atoms with van der Waals surface area (Å²) in [7, 11) is 0. The van der Waals surface area contributed by atoms with E-state index in [4.69, 9.17) is 27.9 Å². The number of nitrogens with one attached hydrogen (secondary N) is 2. The van der Waals surface area contributed by atoms with Gasteiger partial charge in [0, 0.05) is 18.8 Å². The molecule has 0 atom stereocenters. The Bertz CT molecular complexity index is 823. The van der Waals surface area contributed by atoms with E-state index in [9.17, 15) is 9.59 Å². The molecule has 2 aromatic rings. The first-order valence-corrected chi connectivity index (χ1v) is 9.37. The maximum absolute atomic E-state index is 12.1. The minimum absolute atomic E-state index is 0.0175. The van der Waals surface area contributed by atoms with E-state index < -0.39 is 0 Å². The number of rotatable bonds is 8. The second-order valence-corrected chi connectivity index (χ2v) is 7.04. The molecule has 6 nitrogen and oxygen atoms in total. The van der Waals surface area contributed by atoms with Gasteiger partial charge in [0.15, 0.2) is 6.61 Å². The van der Waals surface area contributed by atoms with E-state index in [0.717, 1.165) is 18.4 Å². The Hall–Kier alpha value is -2.31. The lowest BCUT2D eigenvalue weighted by Gasteiger charge is -2.08. The molecule has 1 aromatic carbocycles. The van der Waals surface area contributed by atoms with Gasteiger partial charge < -0.3 is 15.4 Å². The number of carbonyl (C=O) groups excluding carboxylic acids is 2. The van der Waals surface area contributed by atoms with Gasteiger partial charge in [-0.2, -0.15) is 0 Å². The van der Waals surface area contributed by atoms with Crippen molar-refractivity contribution < 1.29 is 14.3 Å². The number of ether oxygens (including phenoxy) is 1. The molecule has 1 aromatic heterocycles. The molecule has 3 rings (SSSR count). The topological polar surface area (TPSA) is 80.3 Å². The Morgan fingerprint density at radius 3 is 2.59 bits per heavy atom. The molecule has 0 spiro atoms. The molecule has 8 heteroatoms. The van der Waals surface area contributed by atoms with Crippen molar-refractivity contribution in [3.8, 4) is 5.75 Å². The highest BCUT2D eigenvalue weighted by Gasteiger charge is 2.23. The van der Waals surface area contributed by atoms with Gasteiger partial charge in [0.2, 0.25) is 0 Å². The number of carbonyl (C=O) groups is 2. The molecule has 1 aliphatic carbocycles. The van der Waals surface area contributed by atoms with Crippen molar-refractivity contribution in [2.24, 2.45) is 0 Å². The summed E-state index contributed by atoms with van der Waals surface area (Å²) in [6, 6.07) is 9.24. The molecule has 1 aliphatic rings. The van der Waals surface area contributed by atoms with E-state index in [1.54, 1.807) is 0 Å². The van der Waals surface area contributed by atoms with Gasteiger partial charge in [0.05, 0.1) is 10.6 Å². The van der Waals surface area contributed by atoms with Crippen LogP contribution in [0.15, 0.2) is 36.5 Å². The molecular weight excluding hydrogens is 389 g/mol. The van der Waals surface area contributed by atoms with Gasteiger partial charge in [-0.15, -0.1) is 0 Å². The van der Waals surface area contributed by atoms with Crippen LogP contribution in [0.2, 0.25) is 10.2 Å². The SMILES string of the molecule is O=C(COc1ccc(CCNC(=O)c2cnc(Cl)c(Cl)c2)cc1)NC1CC1. The van der Waals surface area contributed by atoms with Gasteiger partial charge in [-0.25, -0.2) is 4.98 Å². The van der Waals surface area contributed by atoms with Crippen molar-refractivity contribution >= 4 is 35.0 Å². The van der Waals surface area contributed by atoms with Crippen LogP contribution in [0.3, 0.4) is 0 Å². The average Bonchev–Trinajstić information content (AvgIpc) is 3.47. The number of benzene rings is 1. The molecule has 1 fully saturated rings. The average molecular weight is 408 g/mol. The normalized spacial score (nSPS) is 13.1. The number of amides is 2. The zero-order valence-electron chi connectivity index (χ0n) is 14.5. The van der Waals surface area contributed by atoms with E-state index in [1.165, 1.54) is 12.3 Å². The van der Waals surface area contributed by atoms with Gasteiger partial charge in [-0.1, -0.05) is 35.3 Å². The summed E-state index contributed by atoms with van der Waals surface area (Å²) in [6.45, 7) is 0.479. The van der Waals surface area contributed by atoms with Crippen LogP contribution in [0, 0.1) is 0 Å². The van der Waals surface area contributed by atoms with E-state index >= 15 is 0 Å². The van der Waals surface area contributed by atoms with Crippen LogP contribution in [0.4, 0.5) is 0 Å². The number of hydrogen-bond donors (Lipinski definition) is 2. The highest BCUT2D eigenvalue weighted by Crippen LogP contribution is 2.20. The van der Waals surface area contributed by atoms with E-state index in [1.807, 2.05) is 24.3 Å². The van der Waals surface area contributed by atoms with Crippen molar-refractivity contribution in [1.82, 2.24) is 15.6 Å². The Morgan fingerprint density at radius 2 is 1.93 bits per heavy atom. The van der Waals surface area contributed by atoms with Gasteiger partial charge >= 0.3 is 0 Å². The van der Waals surface area contributed by atoms with Crippen LogP contribution < -0.4 is 15.4 Å². The minimum Gasteiger partial charge on any atom is -0.484 e. The standard InChI is InChI=1S/C19H19Cl2N3O3/c20-16-9-13(10-23-18(16)21)19(26)22-8-7-12-1-5-15(6-2-12)27-11-17(25)24-14-3-4-14/h1-2,5-6,9-10,14H,3-4,7-8,11H2,(H,22,26)(H,24,25). The number of halogens is 2. The first-order valence-electron chi connectivity index (χ1n) is 8.61. The monoisotopic (exact) mass is 407 g/mol. The molecule has 0 unspecified atom stereocenters. The Morgan fingerprint density at radius 1 is 1.19 bits per heavy atom. The van der Waals surface area contributed by atoms with Crippen LogP contribution in [0.5, 0.6) is 5.75 Å². The second kappa shape index (κ2) is 9.06. The van der Waals surface area contributed by atoms with Crippen molar-refractivity contribution in [3.63, 3.8) is 0 Å². The summed E-state index contributed by atoms with van der Waals surface area (Å²) in [4.78, 5) is 27.5. The molecule has 0 bridgehead atoms. The van der Waals surface area contributed by atoms with Crippen molar-refractivity contribution in [3.05, 3.63) is 57.8 Å². The largest absolute Gasteiger partial charge is 0.484 e. The molecule has 0 saturated heterocycles. The lowest BCUT2D eigenvalue weighted by atomic mass is 10.1. The number of pyridine rings is 1. The zero-order valence-corrected chi connectivity index (χ0v) is 16.0. The van der Waals surface area contributed by atoms with Crippen LogP contribution in [0.25, 0.3) is 0 Å². The van der Waals surface area contributed by atoms with E-state index in [2.05, 4.69) is 15.6 Å². The highest BCUT2D eigenvalue weighted by atomic mass is 35.5. The third-order valence-electron chi connectivity index (χ3n) is 3.99. The predicted octanol–water partition coefficient (Wildman–Crippen LogP) is 3.02. The molecule has 142 valence electrons. The maximum atomic E-state index is 12.1. The molecule has 2 N–H and O–H groups in total. The van der Waals surface area contributed by atoms with E-state index in [0.29, 0.717) is 30.3 Å². The molecule has 1 heterocycles. The molecule has 0 aliphatic heterocycles. The third kappa shape index (κ3) is 6.12. The van der Waals surface area contributed by atoms with Crippen LogP contribution >= 0.6 is 23.2 Å². The van der Waals surface area contributed by atoms with Crippen LogP contribution in [-0.2, 0) is 11.2 Å².